The largest absolute Gasteiger partial charge is 0.463 e. The molecule has 1 aliphatic heterocycles. The number of halogens is 5. The monoisotopic (exact) mass is 336 g/mol. The van der Waals surface area contributed by atoms with Gasteiger partial charge in [-0.2, -0.15) is 22.0 Å². The minimum absolute atomic E-state index is 0.403. The summed E-state index contributed by atoms with van der Waals surface area (Å²) in [6.45, 7) is 2.29. The molecule has 0 radical (unpaired) electrons. The second-order valence-corrected chi connectivity index (χ2v) is 5.02. The van der Waals surface area contributed by atoms with Crippen molar-refractivity contribution in [3.63, 3.8) is 0 Å². The van der Waals surface area contributed by atoms with Crippen molar-refractivity contribution >= 4 is 5.97 Å². The quantitative estimate of drug-likeness (QED) is 0.613. The third-order valence-corrected chi connectivity index (χ3v) is 3.51. The van der Waals surface area contributed by atoms with Crippen LogP contribution in [0.25, 0.3) is 0 Å². The topological polar surface area (TPSA) is 65.0 Å². The van der Waals surface area contributed by atoms with E-state index in [0.29, 0.717) is 6.42 Å². The zero-order valence-corrected chi connectivity index (χ0v) is 12.1. The van der Waals surface area contributed by atoms with Crippen LogP contribution in [0.5, 0.6) is 0 Å². The second kappa shape index (κ2) is 6.25. The summed E-state index contributed by atoms with van der Waals surface area (Å²) in [5.74, 6) is -10.8. The maximum absolute atomic E-state index is 13.8. The first-order chi connectivity index (χ1) is 9.92. The van der Waals surface area contributed by atoms with Gasteiger partial charge in [0.05, 0.1) is 5.92 Å². The molecule has 4 atom stereocenters. The molecule has 130 valence electrons. The molecule has 0 bridgehead atoms. The van der Waals surface area contributed by atoms with Crippen LogP contribution >= 0.6 is 0 Å². The van der Waals surface area contributed by atoms with Gasteiger partial charge in [-0.05, 0) is 6.42 Å². The van der Waals surface area contributed by atoms with E-state index >= 15 is 0 Å². The lowest BCUT2D eigenvalue weighted by molar-refractivity contribution is -0.409. The SMILES string of the molecule is CCC(C)C(=O)OCC1OC(O)(C(F)(F)F)C(F)(F)C1OC. The lowest BCUT2D eigenvalue weighted by Gasteiger charge is -2.30. The second-order valence-electron chi connectivity index (χ2n) is 5.02. The number of carbonyl (C=O) groups excluding carboxylic acids is 1. The van der Waals surface area contributed by atoms with E-state index in [-0.39, 0.29) is 0 Å². The fraction of sp³-hybridized carbons (Fsp3) is 0.917. The molecule has 0 aromatic carbocycles. The standard InChI is InChI=1S/C12H17F5O5/c1-4-6(2)9(18)21-5-7-8(20-3)10(13,14)11(19,22-7)12(15,16)17/h6-8,19H,4-5H2,1-3H3. The molecule has 0 spiro atoms. The van der Waals surface area contributed by atoms with Gasteiger partial charge in [0.15, 0.2) is 6.10 Å². The lowest BCUT2D eigenvalue weighted by atomic mass is 10.0. The summed E-state index contributed by atoms with van der Waals surface area (Å²) in [5.41, 5.74) is 0. The molecule has 5 nitrogen and oxygen atoms in total. The van der Waals surface area contributed by atoms with E-state index < -0.39 is 48.6 Å². The van der Waals surface area contributed by atoms with Crippen molar-refractivity contribution in [3.05, 3.63) is 0 Å². The van der Waals surface area contributed by atoms with Crippen molar-refractivity contribution in [1.82, 2.24) is 0 Å². The number of carbonyl (C=O) groups is 1. The molecule has 1 saturated heterocycles. The van der Waals surface area contributed by atoms with Crippen molar-refractivity contribution < 1.29 is 46.1 Å². The maximum Gasteiger partial charge on any atom is 0.449 e. The normalized spacial score (nSPS) is 32.8. The number of alkyl halides is 5. The predicted octanol–water partition coefficient (Wildman–Crippen LogP) is 1.88. The highest BCUT2D eigenvalue weighted by molar-refractivity contribution is 5.71. The van der Waals surface area contributed by atoms with Crippen LogP contribution in [0.3, 0.4) is 0 Å². The molecular formula is C12H17F5O5. The van der Waals surface area contributed by atoms with Gasteiger partial charge in [-0.3, -0.25) is 4.79 Å². The fourth-order valence-electron chi connectivity index (χ4n) is 1.94. The summed E-state index contributed by atoms with van der Waals surface area (Å²) >= 11 is 0. The van der Waals surface area contributed by atoms with Crippen molar-refractivity contribution in [2.75, 3.05) is 13.7 Å². The van der Waals surface area contributed by atoms with Gasteiger partial charge in [-0.15, -0.1) is 0 Å². The van der Waals surface area contributed by atoms with Gasteiger partial charge in [0, 0.05) is 7.11 Å². The van der Waals surface area contributed by atoms with E-state index in [1.807, 2.05) is 0 Å². The minimum Gasteiger partial charge on any atom is -0.463 e. The van der Waals surface area contributed by atoms with Crippen LogP contribution in [0.1, 0.15) is 20.3 Å². The molecule has 4 unspecified atom stereocenters. The Morgan fingerprint density at radius 3 is 2.36 bits per heavy atom. The van der Waals surface area contributed by atoms with E-state index in [2.05, 4.69) is 14.2 Å². The van der Waals surface area contributed by atoms with Gasteiger partial charge in [0.25, 0.3) is 0 Å². The van der Waals surface area contributed by atoms with E-state index in [0.717, 1.165) is 7.11 Å². The molecule has 22 heavy (non-hydrogen) atoms. The van der Waals surface area contributed by atoms with E-state index in [1.54, 1.807) is 6.92 Å². The molecule has 10 heteroatoms. The first-order valence-electron chi connectivity index (χ1n) is 6.46. The molecule has 0 aromatic rings. The lowest BCUT2D eigenvalue weighted by Crippen LogP contribution is -2.59. The van der Waals surface area contributed by atoms with Crippen LogP contribution in [-0.2, 0) is 19.0 Å². The molecule has 0 saturated carbocycles. The first kappa shape index (κ1) is 19.0. The third kappa shape index (κ3) is 3.04. The van der Waals surface area contributed by atoms with Crippen molar-refractivity contribution in [1.29, 1.82) is 0 Å². The maximum atomic E-state index is 13.8. The smallest absolute Gasteiger partial charge is 0.449 e. The Morgan fingerprint density at radius 2 is 1.95 bits per heavy atom. The summed E-state index contributed by atoms with van der Waals surface area (Å²) in [4.78, 5) is 11.5. The van der Waals surface area contributed by atoms with Gasteiger partial charge in [0.2, 0.25) is 0 Å². The fourth-order valence-corrected chi connectivity index (χ4v) is 1.94. The molecule has 1 heterocycles. The zero-order chi connectivity index (χ0) is 17.3. The Hall–Kier alpha value is -1.00. The van der Waals surface area contributed by atoms with Gasteiger partial charge >= 0.3 is 23.9 Å². The Kier molecular flexibility index (Phi) is 5.41. The van der Waals surface area contributed by atoms with Crippen LogP contribution in [0.15, 0.2) is 0 Å². The summed E-state index contributed by atoms with van der Waals surface area (Å²) in [5, 5.41) is 9.23. The number of aliphatic hydroxyl groups is 1. The summed E-state index contributed by atoms with van der Waals surface area (Å²) in [6, 6.07) is 0. The van der Waals surface area contributed by atoms with Crippen molar-refractivity contribution in [2.45, 2.75) is 50.4 Å². The van der Waals surface area contributed by atoms with E-state index in [1.165, 1.54) is 6.92 Å². The van der Waals surface area contributed by atoms with Crippen LogP contribution in [0, 0.1) is 5.92 Å². The summed E-state index contributed by atoms with van der Waals surface area (Å²) < 4.78 is 78.7. The van der Waals surface area contributed by atoms with E-state index in [4.69, 9.17) is 0 Å². The van der Waals surface area contributed by atoms with Gasteiger partial charge in [-0.1, -0.05) is 13.8 Å². The van der Waals surface area contributed by atoms with Crippen LogP contribution < -0.4 is 0 Å². The highest BCUT2D eigenvalue weighted by atomic mass is 19.4. The van der Waals surface area contributed by atoms with E-state index in [9.17, 15) is 31.9 Å². The molecule has 1 aliphatic rings. The highest BCUT2D eigenvalue weighted by Crippen LogP contribution is 2.52. The Labute approximate surface area is 123 Å². The minimum atomic E-state index is -5.75. The number of esters is 1. The molecule has 1 N–H and O–H groups in total. The van der Waals surface area contributed by atoms with Crippen LogP contribution in [-0.4, -0.2) is 54.9 Å². The molecular weight excluding hydrogens is 319 g/mol. The third-order valence-electron chi connectivity index (χ3n) is 3.51. The Bertz CT molecular complexity index is 413. The van der Waals surface area contributed by atoms with Crippen LogP contribution in [0.2, 0.25) is 0 Å². The van der Waals surface area contributed by atoms with Crippen molar-refractivity contribution in [2.24, 2.45) is 5.92 Å². The predicted molar refractivity (Wildman–Crippen MR) is 62.0 cm³/mol. The number of ether oxygens (including phenoxy) is 3. The van der Waals surface area contributed by atoms with Gasteiger partial charge < -0.3 is 19.3 Å². The molecule has 0 aromatic heterocycles. The molecule has 0 amide bonds. The number of rotatable bonds is 5. The highest BCUT2D eigenvalue weighted by Gasteiger charge is 2.80. The summed E-state index contributed by atoms with van der Waals surface area (Å²) in [7, 11) is 0.744. The average Bonchev–Trinajstić information content (AvgIpc) is 2.62. The molecule has 0 aliphatic carbocycles. The van der Waals surface area contributed by atoms with Gasteiger partial charge in [0.1, 0.15) is 12.7 Å². The first-order valence-corrected chi connectivity index (χ1v) is 6.46. The average molecular weight is 336 g/mol. The number of hydrogen-bond donors (Lipinski definition) is 1. The van der Waals surface area contributed by atoms with Gasteiger partial charge in [-0.25, -0.2) is 0 Å². The zero-order valence-electron chi connectivity index (χ0n) is 12.1. The Morgan fingerprint density at radius 1 is 1.41 bits per heavy atom. The molecule has 1 fully saturated rings. The number of methoxy groups -OCH3 is 1. The molecule has 1 rings (SSSR count). The Balaban J connectivity index is 2.92. The van der Waals surface area contributed by atoms with Crippen LogP contribution in [0.4, 0.5) is 22.0 Å². The summed E-state index contributed by atoms with van der Waals surface area (Å²) in [6.07, 6.45) is -9.72. The number of hydrogen-bond acceptors (Lipinski definition) is 5. The van der Waals surface area contributed by atoms with Crippen molar-refractivity contribution in [3.8, 4) is 0 Å².